The van der Waals surface area contributed by atoms with Gasteiger partial charge in [-0.15, -0.1) is 0 Å². The molecule has 2 rings (SSSR count). The Kier molecular flexibility index (Phi) is 2.94. The van der Waals surface area contributed by atoms with Crippen LogP contribution in [0.4, 0.5) is 0 Å². The Morgan fingerprint density at radius 3 is 2.86 bits per heavy atom. The van der Waals surface area contributed by atoms with E-state index in [1.165, 1.54) is 51.4 Å². The van der Waals surface area contributed by atoms with E-state index in [0.717, 1.165) is 12.3 Å². The molecule has 0 saturated heterocycles. The molecule has 2 atom stereocenters. The zero-order chi connectivity index (χ0) is 10.0. The first kappa shape index (κ1) is 10.2. The van der Waals surface area contributed by atoms with Gasteiger partial charge >= 0.3 is 0 Å². The molecule has 0 radical (unpaired) electrons. The van der Waals surface area contributed by atoms with Crippen molar-refractivity contribution in [2.45, 2.75) is 64.7 Å². The minimum atomic E-state index is 0.202. The summed E-state index contributed by atoms with van der Waals surface area (Å²) >= 11 is 0. The number of carbonyl (C=O) groups excluding carboxylic acids is 1. The summed E-state index contributed by atoms with van der Waals surface area (Å²) in [4.78, 5) is 11.7. The van der Waals surface area contributed by atoms with Crippen LogP contribution in [0.25, 0.3) is 0 Å². The molecule has 0 bridgehead atoms. The summed E-state index contributed by atoms with van der Waals surface area (Å²) < 4.78 is 0. The number of Topliss-reactive ketones (excluding diaryl/α,β-unsaturated/α-hetero) is 1. The molecule has 0 spiro atoms. The second-order valence-electron chi connectivity index (χ2n) is 5.18. The SMILES string of the molecule is CCCCCCC12CCCC1CC2=O. The standard InChI is InChI=1S/C13H22O/c1-2-3-4-5-8-13-9-6-7-11(13)10-12(13)14/h11H,2-10H2,1H3. The number of hydrogen-bond donors (Lipinski definition) is 0. The van der Waals surface area contributed by atoms with Gasteiger partial charge in [0.05, 0.1) is 0 Å². The summed E-state index contributed by atoms with van der Waals surface area (Å²) in [7, 11) is 0. The maximum Gasteiger partial charge on any atom is 0.139 e. The highest BCUT2D eigenvalue weighted by atomic mass is 16.1. The first-order valence-electron chi connectivity index (χ1n) is 6.33. The monoisotopic (exact) mass is 194 g/mol. The molecular formula is C13H22O. The molecule has 14 heavy (non-hydrogen) atoms. The van der Waals surface area contributed by atoms with Crippen LogP contribution in [0.3, 0.4) is 0 Å². The summed E-state index contributed by atoms with van der Waals surface area (Å²) in [5.74, 6) is 1.38. The fraction of sp³-hybridized carbons (Fsp3) is 0.923. The Morgan fingerprint density at radius 2 is 2.21 bits per heavy atom. The van der Waals surface area contributed by atoms with E-state index in [4.69, 9.17) is 0 Å². The van der Waals surface area contributed by atoms with E-state index in [1.54, 1.807) is 0 Å². The van der Waals surface area contributed by atoms with Crippen molar-refractivity contribution in [2.75, 3.05) is 0 Å². The molecule has 0 heterocycles. The van der Waals surface area contributed by atoms with E-state index in [0.29, 0.717) is 5.78 Å². The van der Waals surface area contributed by atoms with Gasteiger partial charge in [0.25, 0.3) is 0 Å². The van der Waals surface area contributed by atoms with Crippen molar-refractivity contribution < 1.29 is 4.79 Å². The highest BCUT2D eigenvalue weighted by Crippen LogP contribution is 2.57. The Bertz CT molecular complexity index is 221. The van der Waals surface area contributed by atoms with Gasteiger partial charge in [-0.05, 0) is 25.2 Å². The van der Waals surface area contributed by atoms with E-state index in [-0.39, 0.29) is 5.41 Å². The Hall–Kier alpha value is -0.330. The number of rotatable bonds is 5. The van der Waals surface area contributed by atoms with Crippen molar-refractivity contribution >= 4 is 5.78 Å². The molecule has 1 heteroatoms. The van der Waals surface area contributed by atoms with Gasteiger partial charge in [0.2, 0.25) is 0 Å². The lowest BCUT2D eigenvalue weighted by molar-refractivity contribution is -0.144. The van der Waals surface area contributed by atoms with E-state index >= 15 is 0 Å². The predicted octanol–water partition coefficient (Wildman–Crippen LogP) is 3.72. The van der Waals surface area contributed by atoms with Crippen molar-refractivity contribution in [3.63, 3.8) is 0 Å². The van der Waals surface area contributed by atoms with Crippen LogP contribution in [0.2, 0.25) is 0 Å². The second-order valence-corrected chi connectivity index (χ2v) is 5.18. The topological polar surface area (TPSA) is 17.1 Å². The van der Waals surface area contributed by atoms with Crippen LogP contribution in [-0.4, -0.2) is 5.78 Å². The number of hydrogen-bond acceptors (Lipinski definition) is 1. The molecule has 80 valence electrons. The number of carbonyl (C=O) groups is 1. The van der Waals surface area contributed by atoms with Crippen LogP contribution in [0.5, 0.6) is 0 Å². The summed E-state index contributed by atoms with van der Waals surface area (Å²) in [6.45, 7) is 2.24. The summed E-state index contributed by atoms with van der Waals surface area (Å²) in [5.41, 5.74) is 0.202. The third kappa shape index (κ3) is 1.51. The van der Waals surface area contributed by atoms with Crippen molar-refractivity contribution in [3.8, 4) is 0 Å². The minimum absolute atomic E-state index is 0.202. The number of fused-ring (bicyclic) bond motifs is 1. The van der Waals surface area contributed by atoms with Gasteiger partial charge in [-0.3, -0.25) is 4.79 Å². The summed E-state index contributed by atoms with van der Waals surface area (Å²) in [6.07, 6.45) is 11.2. The Balaban J connectivity index is 1.80. The number of unbranched alkanes of at least 4 members (excludes halogenated alkanes) is 3. The molecule has 2 aliphatic rings. The molecule has 0 aromatic heterocycles. The van der Waals surface area contributed by atoms with Gasteiger partial charge in [-0.2, -0.15) is 0 Å². The first-order chi connectivity index (χ1) is 6.79. The molecule has 0 aliphatic heterocycles. The fourth-order valence-corrected chi connectivity index (χ4v) is 3.44. The van der Waals surface area contributed by atoms with Gasteiger partial charge in [0.15, 0.2) is 0 Å². The molecule has 2 unspecified atom stereocenters. The fourth-order valence-electron chi connectivity index (χ4n) is 3.44. The highest BCUT2D eigenvalue weighted by Gasteiger charge is 2.55. The number of ketones is 1. The largest absolute Gasteiger partial charge is 0.299 e. The molecule has 1 nitrogen and oxygen atoms in total. The second kappa shape index (κ2) is 4.04. The van der Waals surface area contributed by atoms with Crippen LogP contribution < -0.4 is 0 Å². The zero-order valence-corrected chi connectivity index (χ0v) is 9.35. The molecular weight excluding hydrogens is 172 g/mol. The van der Waals surface area contributed by atoms with Crippen molar-refractivity contribution in [3.05, 3.63) is 0 Å². The molecule has 2 fully saturated rings. The van der Waals surface area contributed by atoms with Crippen LogP contribution in [0, 0.1) is 11.3 Å². The van der Waals surface area contributed by atoms with Gasteiger partial charge in [-0.1, -0.05) is 39.0 Å². The van der Waals surface area contributed by atoms with Crippen molar-refractivity contribution in [1.82, 2.24) is 0 Å². The lowest BCUT2D eigenvalue weighted by atomic mass is 9.58. The van der Waals surface area contributed by atoms with E-state index in [9.17, 15) is 4.79 Å². The van der Waals surface area contributed by atoms with E-state index in [2.05, 4.69) is 6.92 Å². The van der Waals surface area contributed by atoms with Gasteiger partial charge in [0.1, 0.15) is 5.78 Å². The molecule has 2 saturated carbocycles. The maximum atomic E-state index is 11.7. The normalized spacial score (nSPS) is 35.5. The van der Waals surface area contributed by atoms with Crippen LogP contribution in [0.1, 0.15) is 64.7 Å². The third-order valence-corrected chi connectivity index (χ3v) is 4.42. The third-order valence-electron chi connectivity index (χ3n) is 4.42. The molecule has 0 amide bonds. The van der Waals surface area contributed by atoms with Crippen LogP contribution in [0.15, 0.2) is 0 Å². The van der Waals surface area contributed by atoms with Crippen LogP contribution in [-0.2, 0) is 4.79 Å². The van der Waals surface area contributed by atoms with Crippen LogP contribution >= 0.6 is 0 Å². The van der Waals surface area contributed by atoms with E-state index in [1.807, 2.05) is 0 Å². The maximum absolute atomic E-state index is 11.7. The molecule has 0 aromatic rings. The summed E-state index contributed by atoms with van der Waals surface area (Å²) in [5, 5.41) is 0. The average Bonchev–Trinajstić information content (AvgIpc) is 2.51. The lowest BCUT2D eigenvalue weighted by Crippen LogP contribution is -2.46. The zero-order valence-electron chi connectivity index (χ0n) is 9.35. The van der Waals surface area contributed by atoms with Gasteiger partial charge < -0.3 is 0 Å². The highest BCUT2D eigenvalue weighted by molar-refractivity contribution is 5.91. The summed E-state index contributed by atoms with van der Waals surface area (Å²) in [6, 6.07) is 0. The quantitative estimate of drug-likeness (QED) is 0.610. The average molecular weight is 194 g/mol. The minimum Gasteiger partial charge on any atom is -0.299 e. The van der Waals surface area contributed by atoms with Crippen molar-refractivity contribution in [1.29, 1.82) is 0 Å². The van der Waals surface area contributed by atoms with E-state index < -0.39 is 0 Å². The lowest BCUT2D eigenvalue weighted by Gasteiger charge is -2.43. The first-order valence-corrected chi connectivity index (χ1v) is 6.33. The predicted molar refractivity (Wildman–Crippen MR) is 58.2 cm³/mol. The van der Waals surface area contributed by atoms with Gasteiger partial charge in [-0.25, -0.2) is 0 Å². The Labute approximate surface area is 87.3 Å². The smallest absolute Gasteiger partial charge is 0.139 e. The Morgan fingerprint density at radius 1 is 1.36 bits per heavy atom. The molecule has 0 N–H and O–H groups in total. The molecule has 0 aromatic carbocycles. The van der Waals surface area contributed by atoms with Gasteiger partial charge in [0, 0.05) is 11.8 Å². The molecule has 2 aliphatic carbocycles. The van der Waals surface area contributed by atoms with Crippen molar-refractivity contribution in [2.24, 2.45) is 11.3 Å².